The highest BCUT2D eigenvalue weighted by molar-refractivity contribution is 5.94. The third-order valence-electron chi connectivity index (χ3n) is 5.44. The van der Waals surface area contributed by atoms with Gasteiger partial charge in [-0.05, 0) is 48.9 Å². The van der Waals surface area contributed by atoms with E-state index in [1.165, 1.54) is 5.56 Å². The van der Waals surface area contributed by atoms with Gasteiger partial charge in [-0.2, -0.15) is 5.10 Å². The molecular formula is C23H26N4O. The van der Waals surface area contributed by atoms with Gasteiger partial charge in [-0.25, -0.2) is 4.68 Å². The molecule has 4 rings (SSSR count). The largest absolute Gasteiger partial charge is 0.349 e. The van der Waals surface area contributed by atoms with Gasteiger partial charge in [0.05, 0.1) is 5.69 Å². The van der Waals surface area contributed by atoms with E-state index in [2.05, 4.69) is 41.6 Å². The quantitative estimate of drug-likeness (QED) is 0.695. The Morgan fingerprint density at radius 3 is 2.61 bits per heavy atom. The maximum atomic E-state index is 12.8. The number of hydrogen-bond acceptors (Lipinski definition) is 3. The third kappa shape index (κ3) is 3.58. The van der Waals surface area contributed by atoms with Gasteiger partial charge in [-0.1, -0.05) is 49.4 Å². The SMILES string of the molecule is CCc1ccc(-n2nc(C(=O)NCC(N)c3ccccc3)c3c2CCC3)cc1. The zero-order chi connectivity index (χ0) is 19.5. The monoisotopic (exact) mass is 374 g/mol. The van der Waals surface area contributed by atoms with Gasteiger partial charge in [0.2, 0.25) is 0 Å². The zero-order valence-electron chi connectivity index (χ0n) is 16.2. The van der Waals surface area contributed by atoms with Crippen LogP contribution >= 0.6 is 0 Å². The van der Waals surface area contributed by atoms with Crippen molar-refractivity contribution in [2.45, 2.75) is 38.6 Å². The summed E-state index contributed by atoms with van der Waals surface area (Å²) in [6.45, 7) is 2.53. The van der Waals surface area contributed by atoms with Crippen LogP contribution in [0.2, 0.25) is 0 Å². The number of amides is 1. The van der Waals surface area contributed by atoms with Gasteiger partial charge in [0, 0.05) is 23.8 Å². The summed E-state index contributed by atoms with van der Waals surface area (Å²) >= 11 is 0. The molecule has 1 aliphatic rings. The number of aromatic nitrogens is 2. The highest BCUT2D eigenvalue weighted by atomic mass is 16.2. The molecule has 1 unspecified atom stereocenters. The Morgan fingerprint density at radius 2 is 1.89 bits per heavy atom. The molecule has 1 heterocycles. The second-order valence-electron chi connectivity index (χ2n) is 7.29. The van der Waals surface area contributed by atoms with Crippen molar-refractivity contribution in [1.29, 1.82) is 0 Å². The van der Waals surface area contributed by atoms with Gasteiger partial charge in [-0.3, -0.25) is 4.79 Å². The van der Waals surface area contributed by atoms with Gasteiger partial charge < -0.3 is 11.1 Å². The van der Waals surface area contributed by atoms with Crippen LogP contribution in [0.15, 0.2) is 54.6 Å². The van der Waals surface area contributed by atoms with Crippen molar-refractivity contribution in [3.63, 3.8) is 0 Å². The molecule has 2 aromatic carbocycles. The maximum absolute atomic E-state index is 12.8. The second-order valence-corrected chi connectivity index (χ2v) is 7.29. The summed E-state index contributed by atoms with van der Waals surface area (Å²) in [6, 6.07) is 18.0. The fourth-order valence-electron chi connectivity index (χ4n) is 3.81. The second kappa shape index (κ2) is 7.98. The smallest absolute Gasteiger partial charge is 0.272 e. The molecule has 5 nitrogen and oxygen atoms in total. The zero-order valence-corrected chi connectivity index (χ0v) is 16.2. The number of benzene rings is 2. The number of nitrogens with two attached hydrogens (primary N) is 1. The lowest BCUT2D eigenvalue weighted by molar-refractivity contribution is 0.0945. The van der Waals surface area contributed by atoms with Crippen molar-refractivity contribution in [3.05, 3.63) is 82.7 Å². The predicted octanol–water partition coefficient (Wildman–Crippen LogP) is 3.35. The Bertz CT molecular complexity index is 960. The minimum absolute atomic E-state index is 0.145. The Kier molecular flexibility index (Phi) is 5.26. The van der Waals surface area contributed by atoms with E-state index in [-0.39, 0.29) is 11.9 Å². The number of nitrogens with one attached hydrogen (secondary N) is 1. The molecule has 0 saturated carbocycles. The van der Waals surface area contributed by atoms with Gasteiger partial charge in [0.1, 0.15) is 0 Å². The minimum Gasteiger partial charge on any atom is -0.349 e. The fourth-order valence-corrected chi connectivity index (χ4v) is 3.81. The number of hydrogen-bond donors (Lipinski definition) is 2. The van der Waals surface area contributed by atoms with E-state index in [0.29, 0.717) is 12.2 Å². The molecule has 3 N–H and O–H groups in total. The van der Waals surface area contributed by atoms with Crippen molar-refractivity contribution in [2.24, 2.45) is 5.73 Å². The molecule has 1 aliphatic carbocycles. The molecular weight excluding hydrogens is 348 g/mol. The summed E-state index contributed by atoms with van der Waals surface area (Å²) in [5.74, 6) is -0.145. The van der Waals surface area contributed by atoms with Crippen LogP contribution in [0.4, 0.5) is 0 Å². The number of fused-ring (bicyclic) bond motifs is 1. The summed E-state index contributed by atoms with van der Waals surface area (Å²) in [5, 5.41) is 7.64. The summed E-state index contributed by atoms with van der Waals surface area (Å²) in [7, 11) is 0. The standard InChI is InChI=1S/C23H26N4O/c1-2-16-11-13-18(14-12-16)27-21-10-6-9-19(21)22(26-27)23(28)25-15-20(24)17-7-4-3-5-8-17/h3-5,7-8,11-14,20H,2,6,9-10,15,24H2,1H3,(H,25,28). The minimum atomic E-state index is -0.234. The van der Waals surface area contributed by atoms with E-state index >= 15 is 0 Å². The molecule has 1 aromatic heterocycles. The van der Waals surface area contributed by atoms with Crippen LogP contribution in [0.1, 0.15) is 52.3 Å². The summed E-state index contributed by atoms with van der Waals surface area (Å²) in [4.78, 5) is 12.8. The van der Waals surface area contributed by atoms with Crippen LogP contribution in [0.5, 0.6) is 0 Å². The topological polar surface area (TPSA) is 72.9 Å². The molecule has 0 radical (unpaired) electrons. The number of carbonyl (C=O) groups excluding carboxylic acids is 1. The van der Waals surface area contributed by atoms with Crippen LogP contribution in [-0.4, -0.2) is 22.2 Å². The molecule has 0 fully saturated rings. The molecule has 0 aliphatic heterocycles. The molecule has 28 heavy (non-hydrogen) atoms. The summed E-state index contributed by atoms with van der Waals surface area (Å²) in [5.41, 5.74) is 12.3. The first kappa shape index (κ1) is 18.4. The van der Waals surface area contributed by atoms with Gasteiger partial charge in [0.25, 0.3) is 5.91 Å². The summed E-state index contributed by atoms with van der Waals surface area (Å²) < 4.78 is 1.94. The molecule has 0 bridgehead atoms. The van der Waals surface area contributed by atoms with E-state index in [9.17, 15) is 4.79 Å². The van der Waals surface area contributed by atoms with Crippen molar-refractivity contribution in [1.82, 2.24) is 15.1 Å². The van der Waals surface area contributed by atoms with Crippen LogP contribution in [0.25, 0.3) is 5.69 Å². The van der Waals surface area contributed by atoms with Crippen LogP contribution in [0.3, 0.4) is 0 Å². The summed E-state index contributed by atoms with van der Waals surface area (Å²) in [6.07, 6.45) is 3.92. The number of aryl methyl sites for hydroxylation is 1. The van der Waals surface area contributed by atoms with E-state index in [0.717, 1.165) is 48.2 Å². The van der Waals surface area contributed by atoms with Gasteiger partial charge >= 0.3 is 0 Å². The van der Waals surface area contributed by atoms with Crippen molar-refractivity contribution in [3.8, 4) is 5.69 Å². The van der Waals surface area contributed by atoms with Gasteiger partial charge in [0.15, 0.2) is 5.69 Å². The number of nitrogens with zero attached hydrogens (tertiary/aromatic N) is 2. The molecule has 144 valence electrons. The van der Waals surface area contributed by atoms with Crippen molar-refractivity contribution < 1.29 is 4.79 Å². The van der Waals surface area contributed by atoms with Crippen molar-refractivity contribution in [2.75, 3.05) is 6.54 Å². The molecule has 5 heteroatoms. The molecule has 0 saturated heterocycles. The lowest BCUT2D eigenvalue weighted by Crippen LogP contribution is -2.32. The molecule has 0 spiro atoms. The highest BCUT2D eigenvalue weighted by Crippen LogP contribution is 2.28. The lowest BCUT2D eigenvalue weighted by atomic mass is 10.1. The predicted molar refractivity (Wildman–Crippen MR) is 111 cm³/mol. The lowest BCUT2D eigenvalue weighted by Gasteiger charge is -2.12. The Morgan fingerprint density at radius 1 is 1.14 bits per heavy atom. The normalized spacial score (nSPS) is 13.9. The van der Waals surface area contributed by atoms with E-state index in [4.69, 9.17) is 5.73 Å². The highest BCUT2D eigenvalue weighted by Gasteiger charge is 2.27. The van der Waals surface area contributed by atoms with Crippen LogP contribution < -0.4 is 11.1 Å². The van der Waals surface area contributed by atoms with Crippen LogP contribution in [0, 0.1) is 0 Å². The number of carbonyl (C=O) groups is 1. The fraction of sp³-hybridized carbons (Fsp3) is 0.304. The number of rotatable bonds is 6. The van der Waals surface area contributed by atoms with Crippen LogP contribution in [-0.2, 0) is 19.3 Å². The first-order chi connectivity index (χ1) is 13.7. The van der Waals surface area contributed by atoms with Crippen molar-refractivity contribution >= 4 is 5.91 Å². The first-order valence-electron chi connectivity index (χ1n) is 9.96. The molecule has 3 aromatic rings. The van der Waals surface area contributed by atoms with E-state index < -0.39 is 0 Å². The third-order valence-corrected chi connectivity index (χ3v) is 5.44. The maximum Gasteiger partial charge on any atom is 0.272 e. The Hall–Kier alpha value is -2.92. The Balaban J connectivity index is 1.54. The van der Waals surface area contributed by atoms with E-state index in [1.54, 1.807) is 0 Å². The Labute approximate surface area is 165 Å². The average molecular weight is 374 g/mol. The van der Waals surface area contributed by atoms with Gasteiger partial charge in [-0.15, -0.1) is 0 Å². The first-order valence-corrected chi connectivity index (χ1v) is 9.96. The molecule has 1 atom stereocenters. The molecule has 1 amide bonds. The average Bonchev–Trinajstić information content (AvgIpc) is 3.35. The van der Waals surface area contributed by atoms with E-state index in [1.807, 2.05) is 35.0 Å².